The Morgan fingerprint density at radius 2 is 0.488 bits per heavy atom. The summed E-state index contributed by atoms with van der Waals surface area (Å²) in [4.78, 5) is 0. The van der Waals surface area contributed by atoms with E-state index in [-0.39, 0.29) is 0 Å². The Labute approximate surface area is 477 Å². The van der Waals surface area contributed by atoms with Gasteiger partial charge in [0, 0.05) is 49.4 Å². The van der Waals surface area contributed by atoms with Crippen molar-refractivity contribution in [2.24, 2.45) is 0 Å². The summed E-state index contributed by atoms with van der Waals surface area (Å²) in [7, 11) is -3.05. The van der Waals surface area contributed by atoms with E-state index >= 15 is 0 Å². The van der Waals surface area contributed by atoms with Crippen LogP contribution in [-0.4, -0.2) is 21.8 Å². The number of nitrogens with zero attached hydrogens (tertiary/aromatic N) is 3. The van der Waals surface area contributed by atoms with Crippen LogP contribution in [0.3, 0.4) is 0 Å². The predicted octanol–water partition coefficient (Wildman–Crippen LogP) is 17.4. The Morgan fingerprint density at radius 3 is 0.915 bits per heavy atom. The minimum atomic E-state index is -3.05. The van der Waals surface area contributed by atoms with E-state index in [0.717, 1.165) is 39.2 Å². The van der Waals surface area contributed by atoms with Crippen molar-refractivity contribution in [3.05, 3.63) is 322 Å². The van der Waals surface area contributed by atoms with E-state index in [1.165, 1.54) is 97.4 Å². The molecular weight excluding hydrogens is 1010 g/mol. The van der Waals surface area contributed by atoms with E-state index in [4.69, 9.17) is 0 Å². The SMILES string of the molecule is c1ccc(-c2cc(-c3ccccc3)cc([Si](c3ccccc3)(c3ccccc3)c3ccc(-c4cc(-n5c6ccccc6c6ccccc65)cc(-n5c6ccccc6c6cc(-n7c8ccccc8c8ccccc87)ccc65)c4)cc3)c2)cc1. The lowest BCUT2D eigenvalue weighted by atomic mass is 9.99. The highest BCUT2D eigenvalue weighted by Crippen LogP contribution is 2.40. The zero-order valence-corrected chi connectivity index (χ0v) is 45.9. The second-order valence-electron chi connectivity index (χ2n) is 21.6. The lowest BCUT2D eigenvalue weighted by Gasteiger charge is -2.35. The summed E-state index contributed by atoms with van der Waals surface area (Å²) in [5.41, 5.74) is 17.5. The summed E-state index contributed by atoms with van der Waals surface area (Å²) >= 11 is 0. The van der Waals surface area contributed by atoms with Gasteiger partial charge in [0.15, 0.2) is 8.07 Å². The first kappa shape index (κ1) is 47.5. The normalized spacial score (nSPS) is 11.9. The summed E-state index contributed by atoms with van der Waals surface area (Å²) in [6, 6.07) is 120. The van der Waals surface area contributed by atoms with Gasteiger partial charge in [-0.2, -0.15) is 0 Å². The number of aromatic nitrogens is 3. The van der Waals surface area contributed by atoms with Crippen molar-refractivity contribution in [2.45, 2.75) is 0 Å². The van der Waals surface area contributed by atoms with Crippen LogP contribution in [0, 0.1) is 0 Å². The highest BCUT2D eigenvalue weighted by molar-refractivity contribution is 7.20. The summed E-state index contributed by atoms with van der Waals surface area (Å²) in [5.74, 6) is 0. The Balaban J connectivity index is 0.930. The van der Waals surface area contributed by atoms with Gasteiger partial charge < -0.3 is 13.7 Å². The van der Waals surface area contributed by atoms with Crippen molar-refractivity contribution in [3.8, 4) is 50.4 Å². The predicted molar refractivity (Wildman–Crippen MR) is 349 cm³/mol. The molecule has 0 radical (unpaired) electrons. The van der Waals surface area contributed by atoms with Gasteiger partial charge in [-0.25, -0.2) is 0 Å². The first-order valence-electron chi connectivity index (χ1n) is 28.3. The van der Waals surface area contributed by atoms with Crippen LogP contribution in [0.4, 0.5) is 0 Å². The van der Waals surface area contributed by atoms with Gasteiger partial charge in [-0.1, -0.05) is 249 Å². The van der Waals surface area contributed by atoms with Crippen LogP contribution in [0.1, 0.15) is 0 Å². The minimum Gasteiger partial charge on any atom is -0.309 e. The number of hydrogen-bond acceptors (Lipinski definition) is 0. The number of para-hydroxylation sites is 5. The molecule has 0 bridgehead atoms. The van der Waals surface area contributed by atoms with Gasteiger partial charge in [0.2, 0.25) is 0 Å². The zero-order chi connectivity index (χ0) is 54.1. The molecule has 0 saturated carbocycles. The summed E-state index contributed by atoms with van der Waals surface area (Å²) in [6.45, 7) is 0. The molecule has 3 nitrogen and oxygen atoms in total. The van der Waals surface area contributed by atoms with Crippen molar-refractivity contribution in [1.29, 1.82) is 0 Å². The molecule has 0 N–H and O–H groups in total. The maximum absolute atomic E-state index is 3.05. The fourth-order valence-corrected chi connectivity index (χ4v) is 18.3. The Kier molecular flexibility index (Phi) is 11.2. The first-order chi connectivity index (χ1) is 40.7. The second-order valence-corrected chi connectivity index (χ2v) is 25.4. The molecule has 3 heterocycles. The summed E-state index contributed by atoms with van der Waals surface area (Å²) in [6.07, 6.45) is 0. The highest BCUT2D eigenvalue weighted by Gasteiger charge is 2.42. The van der Waals surface area contributed by atoms with Crippen LogP contribution in [0.25, 0.3) is 116 Å². The van der Waals surface area contributed by atoms with Gasteiger partial charge in [0.05, 0.1) is 33.1 Å². The molecule has 0 aliphatic rings. The molecule has 13 aromatic carbocycles. The molecule has 0 amide bonds. The van der Waals surface area contributed by atoms with Gasteiger partial charge >= 0.3 is 0 Å². The first-order valence-corrected chi connectivity index (χ1v) is 30.3. The third-order valence-electron chi connectivity index (χ3n) is 17.1. The van der Waals surface area contributed by atoms with Crippen LogP contribution in [0.2, 0.25) is 0 Å². The molecule has 0 fully saturated rings. The second kappa shape index (κ2) is 19.4. The molecule has 0 spiro atoms. The molecule has 0 atom stereocenters. The third kappa shape index (κ3) is 7.57. The molecule has 3 aromatic heterocycles. The molecule has 0 aliphatic carbocycles. The maximum atomic E-state index is 2.49. The van der Waals surface area contributed by atoms with E-state index < -0.39 is 8.07 Å². The van der Waals surface area contributed by atoms with Gasteiger partial charge in [0.25, 0.3) is 0 Å². The Morgan fingerprint density at radius 1 is 0.171 bits per heavy atom. The lowest BCUT2D eigenvalue weighted by molar-refractivity contribution is 1.13. The zero-order valence-electron chi connectivity index (χ0n) is 44.9. The Hall–Kier alpha value is -10.5. The van der Waals surface area contributed by atoms with E-state index in [0.29, 0.717) is 0 Å². The smallest absolute Gasteiger partial charge is 0.179 e. The number of hydrogen-bond donors (Lipinski definition) is 0. The van der Waals surface area contributed by atoms with E-state index in [2.05, 4.69) is 335 Å². The summed E-state index contributed by atoms with van der Waals surface area (Å²) in [5, 5.41) is 12.7. The largest absolute Gasteiger partial charge is 0.309 e. The maximum Gasteiger partial charge on any atom is 0.179 e. The van der Waals surface area contributed by atoms with E-state index in [9.17, 15) is 0 Å². The lowest BCUT2D eigenvalue weighted by Crippen LogP contribution is -2.74. The molecule has 82 heavy (non-hydrogen) atoms. The van der Waals surface area contributed by atoms with Gasteiger partial charge in [-0.05, 0) is 127 Å². The number of rotatable bonds is 10. The highest BCUT2D eigenvalue weighted by atomic mass is 28.3. The van der Waals surface area contributed by atoms with Crippen molar-refractivity contribution in [2.75, 3.05) is 0 Å². The fraction of sp³-hybridized carbons (Fsp3) is 0. The monoisotopic (exact) mass is 1060 g/mol. The number of fused-ring (bicyclic) bond motifs is 9. The van der Waals surface area contributed by atoms with Crippen molar-refractivity contribution >= 4 is 94.2 Å². The third-order valence-corrected chi connectivity index (χ3v) is 21.9. The van der Waals surface area contributed by atoms with Crippen LogP contribution in [0.15, 0.2) is 322 Å². The molecule has 384 valence electrons. The number of benzene rings is 13. The topological polar surface area (TPSA) is 14.8 Å². The average molecular weight is 1060 g/mol. The Bertz CT molecular complexity index is 4870. The van der Waals surface area contributed by atoms with Crippen LogP contribution < -0.4 is 20.7 Å². The van der Waals surface area contributed by atoms with Gasteiger partial charge in [-0.3, -0.25) is 0 Å². The molecule has 0 saturated heterocycles. The molecule has 0 aliphatic heterocycles. The van der Waals surface area contributed by atoms with Crippen LogP contribution in [-0.2, 0) is 0 Å². The van der Waals surface area contributed by atoms with Crippen LogP contribution >= 0.6 is 0 Å². The van der Waals surface area contributed by atoms with Crippen molar-refractivity contribution in [3.63, 3.8) is 0 Å². The average Bonchev–Trinajstić information content (AvgIpc) is 4.33. The van der Waals surface area contributed by atoms with Crippen LogP contribution in [0.5, 0.6) is 0 Å². The van der Waals surface area contributed by atoms with Crippen molar-refractivity contribution < 1.29 is 0 Å². The molecule has 16 aromatic rings. The van der Waals surface area contributed by atoms with Gasteiger partial charge in [0.1, 0.15) is 0 Å². The van der Waals surface area contributed by atoms with E-state index in [1.54, 1.807) is 0 Å². The molecule has 16 rings (SSSR count). The summed E-state index contributed by atoms with van der Waals surface area (Å²) < 4.78 is 7.38. The molecular formula is C78H53N3Si. The quantitative estimate of drug-likeness (QED) is 0.0958. The molecule has 4 heteroatoms. The van der Waals surface area contributed by atoms with Gasteiger partial charge in [-0.15, -0.1) is 0 Å². The minimum absolute atomic E-state index is 1.10. The fourth-order valence-electron chi connectivity index (χ4n) is 13.5. The molecule has 0 unspecified atom stereocenters. The van der Waals surface area contributed by atoms with Crippen molar-refractivity contribution in [1.82, 2.24) is 13.7 Å². The standard InChI is InChI=1S/C78H53N3Si/c1-5-23-54(24-6-1)57-47-58(55-25-7-2-8-26-55)51-66(50-57)82(63-27-9-3-10-28-63,64-29-11-4-12-30-64)65-44-41-56(42-45-65)59-48-61(80-75-38-20-15-33-69(75)70-34-16-21-39-76(70)80)52-62(49-59)81-77-40-22-17-35-71(77)72-53-60(43-46-78(72)81)79-73-36-18-13-31-67(73)68-32-14-19-37-74(68)79/h1-53H. The van der Waals surface area contributed by atoms with E-state index in [1.807, 2.05) is 0 Å².